The van der Waals surface area contributed by atoms with Crippen molar-refractivity contribution in [1.82, 2.24) is 14.9 Å². The molecule has 1 unspecified atom stereocenters. The van der Waals surface area contributed by atoms with Gasteiger partial charge in [-0.1, -0.05) is 13.8 Å². The first kappa shape index (κ1) is 29.3. The summed E-state index contributed by atoms with van der Waals surface area (Å²) in [6.07, 6.45) is 1.32. The number of non-ortho nitro benzene ring substituents is 1. The Labute approximate surface area is 213 Å². The number of benzene rings is 1. The van der Waals surface area contributed by atoms with Crippen molar-refractivity contribution in [3.63, 3.8) is 0 Å². The standard InChI is InChI=1S/C23H32N6O8/c1-13(2)8-17(20(30)22(32)37-23(3,4)5)26-21(31)16(24)9-14-11-27(12-25-14)18-7-6-15(28(33)34)10-19(18)29(35)36/h6-7,10-13,16-17,20,30H,8-9,24H2,1-5H3,(H,26,31)/t16-,17-,20?/m0/s1. The summed E-state index contributed by atoms with van der Waals surface area (Å²) in [5, 5.41) is 35.5. The van der Waals surface area contributed by atoms with Gasteiger partial charge in [0.2, 0.25) is 5.91 Å². The van der Waals surface area contributed by atoms with Crippen LogP contribution < -0.4 is 11.1 Å². The highest BCUT2D eigenvalue weighted by molar-refractivity contribution is 5.83. The van der Waals surface area contributed by atoms with Gasteiger partial charge in [0.15, 0.2) is 6.10 Å². The van der Waals surface area contributed by atoms with E-state index in [0.29, 0.717) is 5.69 Å². The number of nitro benzene ring substituents is 2. The molecule has 1 aromatic heterocycles. The van der Waals surface area contributed by atoms with Gasteiger partial charge in [0.1, 0.15) is 11.3 Å². The van der Waals surface area contributed by atoms with Gasteiger partial charge in [-0.15, -0.1) is 0 Å². The molecule has 2 rings (SSSR count). The molecule has 0 fully saturated rings. The Morgan fingerprint density at radius 2 is 1.86 bits per heavy atom. The van der Waals surface area contributed by atoms with Gasteiger partial charge in [-0.05, 0) is 39.2 Å². The molecule has 1 heterocycles. The van der Waals surface area contributed by atoms with Crippen molar-refractivity contribution in [3.8, 4) is 5.69 Å². The average molecular weight is 521 g/mol. The van der Waals surface area contributed by atoms with E-state index in [4.69, 9.17) is 10.5 Å². The van der Waals surface area contributed by atoms with E-state index < -0.39 is 56.9 Å². The first-order valence-electron chi connectivity index (χ1n) is 11.5. The van der Waals surface area contributed by atoms with Crippen molar-refractivity contribution < 1.29 is 29.3 Å². The second-order valence-corrected chi connectivity index (χ2v) is 9.99. The van der Waals surface area contributed by atoms with Crippen LogP contribution in [-0.4, -0.2) is 60.2 Å². The Bertz CT molecular complexity index is 1160. The van der Waals surface area contributed by atoms with E-state index in [1.54, 1.807) is 20.8 Å². The maximum Gasteiger partial charge on any atom is 0.337 e. The van der Waals surface area contributed by atoms with Gasteiger partial charge in [0.25, 0.3) is 11.4 Å². The largest absolute Gasteiger partial charge is 0.458 e. The lowest BCUT2D eigenvalue weighted by atomic mass is 9.98. The summed E-state index contributed by atoms with van der Waals surface area (Å²) in [6, 6.07) is 1.15. The van der Waals surface area contributed by atoms with E-state index in [0.717, 1.165) is 12.1 Å². The Balaban J connectivity index is 2.16. The molecule has 0 saturated carbocycles. The zero-order valence-corrected chi connectivity index (χ0v) is 21.3. The third kappa shape index (κ3) is 8.32. The van der Waals surface area contributed by atoms with E-state index in [1.165, 1.54) is 23.2 Å². The van der Waals surface area contributed by atoms with Gasteiger partial charge < -0.3 is 20.9 Å². The van der Waals surface area contributed by atoms with E-state index in [9.17, 15) is 34.9 Å². The first-order valence-corrected chi connectivity index (χ1v) is 11.5. The lowest BCUT2D eigenvalue weighted by molar-refractivity contribution is -0.394. The molecule has 1 amide bonds. The molecule has 0 aliphatic carbocycles. The maximum absolute atomic E-state index is 12.8. The van der Waals surface area contributed by atoms with Gasteiger partial charge in [-0.2, -0.15) is 0 Å². The van der Waals surface area contributed by atoms with Crippen LogP contribution in [0.5, 0.6) is 0 Å². The normalized spacial score (nSPS) is 14.1. The van der Waals surface area contributed by atoms with Crippen molar-refractivity contribution in [3.05, 3.63) is 56.6 Å². The van der Waals surface area contributed by atoms with Gasteiger partial charge in [-0.25, -0.2) is 9.78 Å². The summed E-state index contributed by atoms with van der Waals surface area (Å²) in [6.45, 7) is 8.71. The number of nitrogens with two attached hydrogens (primary N) is 1. The molecule has 0 saturated heterocycles. The smallest absolute Gasteiger partial charge is 0.337 e. The number of aromatic nitrogens is 2. The highest BCUT2D eigenvalue weighted by Crippen LogP contribution is 2.28. The first-order chi connectivity index (χ1) is 17.1. The van der Waals surface area contributed by atoms with Crippen LogP contribution in [0.2, 0.25) is 0 Å². The number of nitrogens with one attached hydrogen (secondary N) is 1. The summed E-state index contributed by atoms with van der Waals surface area (Å²) in [5.74, 6) is -1.47. The van der Waals surface area contributed by atoms with Crippen LogP contribution in [-0.2, 0) is 20.7 Å². The molecule has 3 atom stereocenters. The summed E-state index contributed by atoms with van der Waals surface area (Å²) >= 11 is 0. The molecule has 0 aliphatic rings. The minimum atomic E-state index is -1.60. The van der Waals surface area contributed by atoms with Crippen molar-refractivity contribution in [2.45, 2.75) is 71.2 Å². The number of amides is 1. The highest BCUT2D eigenvalue weighted by Gasteiger charge is 2.33. The number of imidazole rings is 1. The number of ether oxygens (including phenoxy) is 1. The number of hydrogen-bond donors (Lipinski definition) is 3. The van der Waals surface area contributed by atoms with Gasteiger partial charge in [0, 0.05) is 18.7 Å². The predicted octanol–water partition coefficient (Wildman–Crippen LogP) is 1.79. The molecule has 2 aromatic rings. The van der Waals surface area contributed by atoms with Crippen LogP contribution in [0.1, 0.15) is 46.7 Å². The number of aliphatic hydroxyl groups excluding tert-OH is 1. The number of nitro groups is 2. The Morgan fingerprint density at radius 1 is 1.22 bits per heavy atom. The molecule has 14 heteroatoms. The minimum Gasteiger partial charge on any atom is -0.458 e. The molecule has 0 bridgehead atoms. The van der Waals surface area contributed by atoms with Crippen molar-refractivity contribution in [2.24, 2.45) is 11.7 Å². The number of esters is 1. The number of rotatable bonds is 11. The molecular formula is C23H32N6O8. The quantitative estimate of drug-likeness (QED) is 0.222. The van der Waals surface area contributed by atoms with Crippen molar-refractivity contribution in [1.29, 1.82) is 0 Å². The molecule has 37 heavy (non-hydrogen) atoms. The van der Waals surface area contributed by atoms with Gasteiger partial charge in [-0.3, -0.25) is 29.6 Å². The zero-order valence-electron chi connectivity index (χ0n) is 21.3. The third-order valence-electron chi connectivity index (χ3n) is 5.13. The number of hydrogen-bond acceptors (Lipinski definition) is 10. The van der Waals surface area contributed by atoms with Crippen LogP contribution in [0.4, 0.5) is 11.4 Å². The number of nitrogens with zero attached hydrogens (tertiary/aromatic N) is 4. The van der Waals surface area contributed by atoms with Crippen molar-refractivity contribution >= 4 is 23.3 Å². The van der Waals surface area contributed by atoms with Crippen LogP contribution >= 0.6 is 0 Å². The van der Waals surface area contributed by atoms with Gasteiger partial charge in [0.05, 0.1) is 40.0 Å². The molecule has 1 aromatic carbocycles. The summed E-state index contributed by atoms with van der Waals surface area (Å²) < 4.78 is 6.52. The molecular weight excluding hydrogens is 488 g/mol. The topological polar surface area (TPSA) is 206 Å². The van der Waals surface area contributed by atoms with Gasteiger partial charge >= 0.3 is 5.97 Å². The number of aliphatic hydroxyl groups is 1. The lowest BCUT2D eigenvalue weighted by Gasteiger charge is -2.28. The Morgan fingerprint density at radius 3 is 2.41 bits per heavy atom. The predicted molar refractivity (Wildman–Crippen MR) is 132 cm³/mol. The van der Waals surface area contributed by atoms with E-state index >= 15 is 0 Å². The lowest BCUT2D eigenvalue weighted by Crippen LogP contribution is -2.53. The van der Waals surface area contributed by atoms with Crippen LogP contribution in [0.3, 0.4) is 0 Å². The summed E-state index contributed by atoms with van der Waals surface area (Å²) in [7, 11) is 0. The molecule has 4 N–H and O–H groups in total. The van der Waals surface area contributed by atoms with E-state index in [1.807, 2.05) is 13.8 Å². The molecule has 14 nitrogen and oxygen atoms in total. The average Bonchev–Trinajstić information content (AvgIpc) is 3.24. The summed E-state index contributed by atoms with van der Waals surface area (Å²) in [4.78, 5) is 50.2. The Kier molecular flexibility index (Phi) is 9.42. The third-order valence-corrected chi connectivity index (χ3v) is 5.13. The molecule has 0 spiro atoms. The molecule has 0 aliphatic heterocycles. The van der Waals surface area contributed by atoms with E-state index in [2.05, 4.69) is 10.3 Å². The number of carbonyl (C=O) groups is 2. The monoisotopic (exact) mass is 520 g/mol. The second kappa shape index (κ2) is 11.9. The van der Waals surface area contributed by atoms with Crippen LogP contribution in [0.15, 0.2) is 30.7 Å². The maximum atomic E-state index is 12.8. The fraction of sp³-hybridized carbons (Fsp3) is 0.522. The van der Waals surface area contributed by atoms with Crippen molar-refractivity contribution in [2.75, 3.05) is 0 Å². The minimum absolute atomic E-state index is 0.0341. The Hall–Kier alpha value is -3.91. The molecule has 0 radical (unpaired) electrons. The SMILES string of the molecule is CC(C)C[C@H](NC(=O)[C@@H](N)Cc1cn(-c2ccc([N+](=O)[O-])cc2[N+](=O)[O-])cn1)C(O)C(=O)OC(C)(C)C. The van der Waals surface area contributed by atoms with Crippen LogP contribution in [0.25, 0.3) is 5.69 Å². The fourth-order valence-electron chi connectivity index (χ4n) is 3.50. The fourth-order valence-corrected chi connectivity index (χ4v) is 3.50. The number of carbonyl (C=O) groups excluding carboxylic acids is 2. The highest BCUT2D eigenvalue weighted by atomic mass is 16.6. The second-order valence-electron chi connectivity index (χ2n) is 9.99. The van der Waals surface area contributed by atoms with Crippen LogP contribution in [0, 0.1) is 26.1 Å². The zero-order chi connectivity index (χ0) is 28.1. The van der Waals surface area contributed by atoms with E-state index in [-0.39, 0.29) is 24.4 Å². The molecule has 202 valence electrons. The summed E-state index contributed by atoms with van der Waals surface area (Å²) in [5.41, 5.74) is 4.67.